The summed E-state index contributed by atoms with van der Waals surface area (Å²) in [5.41, 5.74) is 4.35. The fourth-order valence-corrected chi connectivity index (χ4v) is 5.69. The van der Waals surface area contributed by atoms with E-state index in [1.165, 1.54) is 10.5 Å². The second-order valence-electron chi connectivity index (χ2n) is 8.42. The molecule has 0 saturated heterocycles. The molecule has 0 aliphatic heterocycles. The van der Waals surface area contributed by atoms with Gasteiger partial charge in [0.25, 0.3) is 0 Å². The maximum Gasteiger partial charge on any atom is 0.160 e. The summed E-state index contributed by atoms with van der Waals surface area (Å²) in [6.45, 7) is 0.750. The molecule has 0 fully saturated rings. The maximum atomic E-state index is 6.44. The van der Waals surface area contributed by atoms with Gasteiger partial charge >= 0.3 is 0 Å². The van der Waals surface area contributed by atoms with Crippen molar-refractivity contribution in [3.8, 4) is 11.5 Å². The van der Waals surface area contributed by atoms with Gasteiger partial charge in [-0.15, -0.1) is 11.8 Å². The van der Waals surface area contributed by atoms with Gasteiger partial charge in [0.15, 0.2) is 11.5 Å². The van der Waals surface area contributed by atoms with E-state index >= 15 is 0 Å². The number of hydrogen-bond acceptors (Lipinski definition) is 4. The molecular formula is C30H27ClN2O2S. The predicted molar refractivity (Wildman–Crippen MR) is 149 cm³/mol. The predicted octanol–water partition coefficient (Wildman–Crippen LogP) is 7.83. The van der Waals surface area contributed by atoms with E-state index in [-0.39, 0.29) is 5.25 Å². The minimum Gasteiger partial charge on any atom is -0.493 e. The number of imidazole rings is 1. The first-order chi connectivity index (χ1) is 17.7. The summed E-state index contributed by atoms with van der Waals surface area (Å²) in [6.07, 6.45) is 0.808. The molecule has 1 unspecified atom stereocenters. The fraction of sp³-hybridized carbons (Fsp3) is 0.167. The second-order valence-corrected chi connectivity index (χ2v) is 10.0. The molecule has 0 saturated carbocycles. The number of benzene rings is 4. The van der Waals surface area contributed by atoms with Gasteiger partial charge in [-0.3, -0.25) is 0 Å². The molecule has 1 heterocycles. The normalized spacial score (nSPS) is 12.0. The minimum atomic E-state index is 0.0187. The van der Waals surface area contributed by atoms with Crippen LogP contribution in [0, 0.1) is 0 Å². The van der Waals surface area contributed by atoms with Crippen LogP contribution in [0.15, 0.2) is 102 Å². The van der Waals surface area contributed by atoms with Gasteiger partial charge in [0.2, 0.25) is 0 Å². The third-order valence-corrected chi connectivity index (χ3v) is 7.64. The van der Waals surface area contributed by atoms with Crippen molar-refractivity contribution in [2.75, 3.05) is 14.2 Å². The molecular weight excluding hydrogens is 488 g/mol. The average Bonchev–Trinajstić information content (AvgIpc) is 3.28. The van der Waals surface area contributed by atoms with Gasteiger partial charge in [-0.2, -0.15) is 0 Å². The molecule has 0 aliphatic rings. The molecule has 4 aromatic carbocycles. The third kappa shape index (κ3) is 5.23. The van der Waals surface area contributed by atoms with E-state index in [1.54, 1.807) is 14.2 Å². The zero-order valence-corrected chi connectivity index (χ0v) is 21.8. The Morgan fingerprint density at radius 3 is 2.28 bits per heavy atom. The van der Waals surface area contributed by atoms with Crippen LogP contribution in [0.4, 0.5) is 0 Å². The molecule has 1 atom stereocenters. The van der Waals surface area contributed by atoms with E-state index in [0.29, 0.717) is 5.02 Å². The Morgan fingerprint density at radius 2 is 1.56 bits per heavy atom. The smallest absolute Gasteiger partial charge is 0.160 e. The minimum absolute atomic E-state index is 0.0187. The summed E-state index contributed by atoms with van der Waals surface area (Å²) in [7, 11) is 3.32. The van der Waals surface area contributed by atoms with Crippen molar-refractivity contribution in [1.29, 1.82) is 0 Å². The van der Waals surface area contributed by atoms with Gasteiger partial charge in [0.05, 0.1) is 30.5 Å². The zero-order valence-electron chi connectivity index (χ0n) is 20.2. The summed E-state index contributed by atoms with van der Waals surface area (Å²) in [5.74, 6) is 2.47. The molecule has 0 aliphatic carbocycles. The van der Waals surface area contributed by atoms with E-state index in [9.17, 15) is 0 Å². The number of hydrogen-bond donors (Lipinski definition) is 0. The molecule has 0 N–H and O–H groups in total. The summed E-state index contributed by atoms with van der Waals surface area (Å²) < 4.78 is 13.2. The number of ether oxygens (including phenoxy) is 2. The Balaban J connectivity index is 1.58. The zero-order chi connectivity index (χ0) is 24.9. The van der Waals surface area contributed by atoms with Crippen molar-refractivity contribution in [2.45, 2.75) is 23.1 Å². The topological polar surface area (TPSA) is 36.3 Å². The van der Waals surface area contributed by atoms with Crippen molar-refractivity contribution in [3.63, 3.8) is 0 Å². The molecule has 36 heavy (non-hydrogen) atoms. The summed E-state index contributed by atoms with van der Waals surface area (Å²) in [4.78, 5) is 6.34. The van der Waals surface area contributed by atoms with Crippen LogP contribution in [-0.4, -0.2) is 23.8 Å². The van der Waals surface area contributed by atoms with Crippen LogP contribution in [-0.2, 0) is 13.0 Å². The molecule has 0 amide bonds. The summed E-state index contributed by atoms with van der Waals surface area (Å²) in [6, 6.07) is 33.0. The number of halogens is 1. The van der Waals surface area contributed by atoms with Gasteiger partial charge in [-0.1, -0.05) is 66.2 Å². The lowest BCUT2D eigenvalue weighted by molar-refractivity contribution is 0.354. The van der Waals surface area contributed by atoms with Crippen LogP contribution >= 0.6 is 23.4 Å². The van der Waals surface area contributed by atoms with Gasteiger partial charge in [0.1, 0.15) is 5.82 Å². The van der Waals surface area contributed by atoms with Crippen molar-refractivity contribution >= 4 is 34.4 Å². The van der Waals surface area contributed by atoms with Gasteiger partial charge in [0, 0.05) is 16.5 Å². The van der Waals surface area contributed by atoms with E-state index in [1.807, 2.05) is 54.2 Å². The standard InChI is InChI=1S/C30H27ClN2O2S/c1-34-27-16-13-21(19-28(27)35-2)17-18-33-26-20-23(31)14-15-25(26)32-30(33)29(22-9-5-3-6-10-22)36-24-11-7-4-8-12-24/h3-16,19-20,29H,17-18H2,1-2H3. The number of aromatic nitrogens is 2. The molecule has 4 nitrogen and oxygen atoms in total. The summed E-state index contributed by atoms with van der Waals surface area (Å²) >= 11 is 8.25. The first-order valence-electron chi connectivity index (χ1n) is 11.8. The summed E-state index contributed by atoms with van der Waals surface area (Å²) in [5, 5.41) is 0.721. The molecule has 5 aromatic rings. The molecule has 0 radical (unpaired) electrons. The molecule has 0 bridgehead atoms. The van der Waals surface area contributed by atoms with Crippen LogP contribution in [0.2, 0.25) is 5.02 Å². The largest absolute Gasteiger partial charge is 0.493 e. The fourth-order valence-electron chi connectivity index (χ4n) is 4.36. The number of methoxy groups -OCH3 is 2. The van der Waals surface area contributed by atoms with E-state index in [0.717, 1.165) is 46.9 Å². The highest BCUT2D eigenvalue weighted by molar-refractivity contribution is 7.99. The Kier molecular flexibility index (Phi) is 7.49. The number of thioether (sulfide) groups is 1. The molecule has 5 rings (SSSR count). The maximum absolute atomic E-state index is 6.44. The van der Waals surface area contributed by atoms with E-state index < -0.39 is 0 Å². The number of fused-ring (bicyclic) bond motifs is 1. The Morgan fingerprint density at radius 1 is 0.833 bits per heavy atom. The van der Waals surface area contributed by atoms with Gasteiger partial charge in [-0.05, 0) is 60.0 Å². The molecule has 182 valence electrons. The van der Waals surface area contributed by atoms with Crippen molar-refractivity contribution < 1.29 is 9.47 Å². The number of aryl methyl sites for hydroxylation is 2. The van der Waals surface area contributed by atoms with Crippen molar-refractivity contribution in [1.82, 2.24) is 9.55 Å². The SMILES string of the molecule is COc1ccc(CCn2c(C(Sc3ccccc3)c3ccccc3)nc3ccc(Cl)cc32)cc1OC. The lowest BCUT2D eigenvalue weighted by Gasteiger charge is -2.19. The second kappa shape index (κ2) is 11.1. The highest BCUT2D eigenvalue weighted by Gasteiger charge is 2.23. The lowest BCUT2D eigenvalue weighted by Crippen LogP contribution is -2.10. The number of nitrogens with zero attached hydrogens (tertiary/aromatic N) is 2. The van der Waals surface area contributed by atoms with E-state index in [2.05, 4.69) is 59.2 Å². The molecule has 6 heteroatoms. The van der Waals surface area contributed by atoms with E-state index in [4.69, 9.17) is 26.1 Å². The first-order valence-corrected chi connectivity index (χ1v) is 13.1. The monoisotopic (exact) mass is 514 g/mol. The lowest BCUT2D eigenvalue weighted by atomic mass is 10.1. The highest BCUT2D eigenvalue weighted by Crippen LogP contribution is 2.41. The van der Waals surface area contributed by atoms with Gasteiger partial charge in [-0.25, -0.2) is 4.98 Å². The van der Waals surface area contributed by atoms with Gasteiger partial charge < -0.3 is 14.0 Å². The van der Waals surface area contributed by atoms with Crippen molar-refractivity contribution in [3.05, 3.63) is 119 Å². The molecule has 0 spiro atoms. The Bertz CT molecular complexity index is 1450. The van der Waals surface area contributed by atoms with Crippen LogP contribution in [0.3, 0.4) is 0 Å². The average molecular weight is 515 g/mol. The van der Waals surface area contributed by atoms with Crippen LogP contribution in [0.1, 0.15) is 22.2 Å². The van der Waals surface area contributed by atoms with Crippen LogP contribution < -0.4 is 9.47 Å². The van der Waals surface area contributed by atoms with Crippen LogP contribution in [0.25, 0.3) is 11.0 Å². The Hall–Kier alpha value is -3.41. The highest BCUT2D eigenvalue weighted by atomic mass is 35.5. The molecule has 1 aromatic heterocycles. The van der Waals surface area contributed by atoms with Crippen LogP contribution in [0.5, 0.6) is 11.5 Å². The van der Waals surface area contributed by atoms with Crippen molar-refractivity contribution in [2.24, 2.45) is 0 Å². The number of rotatable bonds is 9. The first kappa shape index (κ1) is 24.3. The third-order valence-electron chi connectivity index (χ3n) is 6.15. The quantitative estimate of drug-likeness (QED) is 0.188. The Labute approximate surface area is 220 Å².